The summed E-state index contributed by atoms with van der Waals surface area (Å²) in [5, 5.41) is 12.0. The van der Waals surface area contributed by atoms with Crippen molar-refractivity contribution in [1.82, 2.24) is 4.57 Å². The first-order valence-electron chi connectivity index (χ1n) is 17.5. The van der Waals surface area contributed by atoms with Crippen LogP contribution in [0.25, 0.3) is 6.08 Å². The van der Waals surface area contributed by atoms with Crippen molar-refractivity contribution in [2.45, 2.75) is 110 Å². The number of hydrogen-bond donors (Lipinski definition) is 1. The predicted octanol–water partition coefficient (Wildman–Crippen LogP) is 6.93. The van der Waals surface area contributed by atoms with Gasteiger partial charge in [0, 0.05) is 48.0 Å². The SMILES string of the molecule is CCC(=O)OCC(=O)[C@@]1(OC(=O)CC)[C@H](C)C[C@H]2[C@H]3[C@H]([C@@H](O)C[C@@]21C)[C@@]1(C)Cc2ccn(Cc4ccc(CC)cc4)c2C=C1C[C@H]3Cl. The van der Waals surface area contributed by atoms with Crippen molar-refractivity contribution in [3.05, 3.63) is 64.5 Å². The molecule has 0 bridgehead atoms. The Morgan fingerprint density at radius 2 is 1.70 bits per heavy atom. The highest BCUT2D eigenvalue weighted by Crippen LogP contribution is 2.70. The summed E-state index contributed by atoms with van der Waals surface area (Å²) in [6.45, 7) is 12.1. The minimum Gasteiger partial charge on any atom is -0.457 e. The Bertz CT molecular complexity index is 1580. The molecule has 1 heterocycles. The van der Waals surface area contributed by atoms with Crippen LogP contribution in [0.3, 0.4) is 0 Å². The molecule has 0 unspecified atom stereocenters. The summed E-state index contributed by atoms with van der Waals surface area (Å²) in [5.74, 6) is -1.99. The number of alkyl halides is 1. The van der Waals surface area contributed by atoms with Gasteiger partial charge >= 0.3 is 11.9 Å². The van der Waals surface area contributed by atoms with Gasteiger partial charge in [0.15, 0.2) is 12.2 Å². The number of allylic oxidation sites excluding steroid dienone is 1. The minimum absolute atomic E-state index is 0.0701. The number of ketones is 1. The van der Waals surface area contributed by atoms with E-state index >= 15 is 0 Å². The van der Waals surface area contributed by atoms with E-state index in [0.29, 0.717) is 19.3 Å². The van der Waals surface area contributed by atoms with Crippen LogP contribution in [-0.2, 0) is 43.2 Å². The number of aliphatic hydroxyl groups is 1. The van der Waals surface area contributed by atoms with Crippen molar-refractivity contribution in [1.29, 1.82) is 0 Å². The van der Waals surface area contributed by atoms with E-state index in [0.717, 1.165) is 19.4 Å². The molecular weight excluding hydrogens is 614 g/mol. The van der Waals surface area contributed by atoms with Crippen molar-refractivity contribution in [2.75, 3.05) is 6.61 Å². The van der Waals surface area contributed by atoms with Gasteiger partial charge in [0.25, 0.3) is 0 Å². The molecule has 3 saturated carbocycles. The second-order valence-corrected chi connectivity index (χ2v) is 15.6. The molecule has 1 N–H and O–H groups in total. The summed E-state index contributed by atoms with van der Waals surface area (Å²) >= 11 is 7.42. The van der Waals surface area contributed by atoms with Gasteiger partial charge in [-0.25, -0.2) is 0 Å². The van der Waals surface area contributed by atoms with Crippen LogP contribution in [0, 0.1) is 34.5 Å². The maximum Gasteiger partial charge on any atom is 0.306 e. The predicted molar refractivity (Wildman–Crippen MR) is 182 cm³/mol. The number of benzene rings is 1. The molecule has 3 fully saturated rings. The fraction of sp³-hybridized carbons (Fsp3) is 0.615. The average Bonchev–Trinajstić information content (AvgIpc) is 3.52. The number of hydrogen-bond acceptors (Lipinski definition) is 6. The fourth-order valence-corrected chi connectivity index (χ4v) is 10.8. The minimum atomic E-state index is -1.52. The van der Waals surface area contributed by atoms with E-state index in [-0.39, 0.29) is 47.3 Å². The lowest BCUT2D eigenvalue weighted by molar-refractivity contribution is -0.207. The van der Waals surface area contributed by atoms with Gasteiger partial charge in [0.1, 0.15) is 0 Å². The Balaban J connectivity index is 1.34. The van der Waals surface area contributed by atoms with Crippen molar-refractivity contribution < 1.29 is 29.0 Å². The molecule has 7 nitrogen and oxygen atoms in total. The number of carbonyl (C=O) groups is 3. The first kappa shape index (κ1) is 34.0. The van der Waals surface area contributed by atoms with Crippen molar-refractivity contribution in [2.24, 2.45) is 34.5 Å². The Hall–Kier alpha value is -2.90. The maximum absolute atomic E-state index is 14.2. The van der Waals surface area contributed by atoms with Crippen LogP contribution >= 0.6 is 11.6 Å². The number of aliphatic hydroxyl groups excluding tert-OH is 1. The molecule has 4 aliphatic carbocycles. The van der Waals surface area contributed by atoms with Gasteiger partial charge in [-0.05, 0) is 84.1 Å². The Kier molecular flexibility index (Phi) is 9.05. The Morgan fingerprint density at radius 3 is 2.36 bits per heavy atom. The third-order valence-corrected chi connectivity index (χ3v) is 13.0. The van der Waals surface area contributed by atoms with Crippen molar-refractivity contribution in [3.8, 4) is 0 Å². The van der Waals surface area contributed by atoms with Gasteiger partial charge in [0.2, 0.25) is 5.78 Å². The third-order valence-electron chi connectivity index (χ3n) is 12.6. The zero-order chi connectivity index (χ0) is 33.9. The number of fused-ring (bicyclic) bond motifs is 6. The molecule has 8 heteroatoms. The second kappa shape index (κ2) is 12.5. The molecule has 1 aromatic heterocycles. The second-order valence-electron chi connectivity index (χ2n) is 15.0. The molecule has 0 aliphatic heterocycles. The number of aromatic nitrogens is 1. The summed E-state index contributed by atoms with van der Waals surface area (Å²) in [4.78, 5) is 39.2. The number of Topliss-reactive ketones (excluding diaryl/α,β-unsaturated/α-hetero) is 1. The van der Waals surface area contributed by atoms with Gasteiger partial charge < -0.3 is 19.1 Å². The molecule has 9 atom stereocenters. The Morgan fingerprint density at radius 1 is 1.02 bits per heavy atom. The molecule has 47 heavy (non-hydrogen) atoms. The van der Waals surface area contributed by atoms with Crippen LogP contribution in [0.2, 0.25) is 0 Å². The number of esters is 2. The van der Waals surface area contributed by atoms with Crippen LogP contribution in [0.15, 0.2) is 42.1 Å². The summed E-state index contributed by atoms with van der Waals surface area (Å²) in [5.41, 5.74) is 3.62. The zero-order valence-corrected chi connectivity index (χ0v) is 29.4. The molecule has 0 spiro atoms. The average molecular weight is 664 g/mol. The van der Waals surface area contributed by atoms with Crippen molar-refractivity contribution >= 4 is 35.4 Å². The van der Waals surface area contributed by atoms with Gasteiger partial charge in [-0.3, -0.25) is 14.4 Å². The summed E-state index contributed by atoms with van der Waals surface area (Å²) in [6.07, 6.45) is 7.42. The van der Waals surface area contributed by atoms with Crippen LogP contribution < -0.4 is 0 Å². The molecule has 0 radical (unpaired) electrons. The molecule has 1 aromatic carbocycles. The summed E-state index contributed by atoms with van der Waals surface area (Å²) in [6, 6.07) is 11.0. The highest BCUT2D eigenvalue weighted by molar-refractivity contribution is 6.21. The van der Waals surface area contributed by atoms with Crippen LogP contribution in [0.4, 0.5) is 0 Å². The van der Waals surface area contributed by atoms with E-state index in [4.69, 9.17) is 21.1 Å². The number of rotatable bonds is 9. The molecule has 4 aliphatic rings. The monoisotopic (exact) mass is 663 g/mol. The largest absolute Gasteiger partial charge is 0.457 e. The quantitative estimate of drug-likeness (QED) is 0.231. The topological polar surface area (TPSA) is 94.8 Å². The van der Waals surface area contributed by atoms with E-state index in [2.05, 4.69) is 61.0 Å². The molecule has 6 rings (SSSR count). The molecule has 0 amide bonds. The normalized spacial score (nSPS) is 35.5. The number of halogens is 1. The molecule has 254 valence electrons. The van der Waals surface area contributed by atoms with Gasteiger partial charge in [-0.15, -0.1) is 11.6 Å². The first-order chi connectivity index (χ1) is 22.3. The number of aryl methyl sites for hydroxylation is 1. The molecule has 2 aromatic rings. The van der Waals surface area contributed by atoms with E-state index in [1.165, 1.54) is 28.0 Å². The Labute approximate surface area is 284 Å². The molecule has 0 saturated heterocycles. The smallest absolute Gasteiger partial charge is 0.306 e. The van der Waals surface area contributed by atoms with Gasteiger partial charge in [-0.1, -0.05) is 71.4 Å². The first-order valence-corrected chi connectivity index (χ1v) is 18.0. The van der Waals surface area contributed by atoms with Crippen molar-refractivity contribution in [3.63, 3.8) is 0 Å². The number of ether oxygens (including phenoxy) is 2. The number of nitrogens with zero attached hydrogens (tertiary/aromatic N) is 1. The lowest BCUT2D eigenvalue weighted by atomic mass is 9.45. The van der Waals surface area contributed by atoms with Gasteiger partial charge in [0.05, 0.1) is 6.10 Å². The van der Waals surface area contributed by atoms with E-state index in [1.54, 1.807) is 13.8 Å². The summed E-state index contributed by atoms with van der Waals surface area (Å²) < 4.78 is 13.9. The maximum atomic E-state index is 14.2. The lowest BCUT2D eigenvalue weighted by Gasteiger charge is -2.62. The lowest BCUT2D eigenvalue weighted by Crippen LogP contribution is -2.66. The molecular formula is C39H50ClNO6. The zero-order valence-electron chi connectivity index (χ0n) is 28.7. The highest BCUT2D eigenvalue weighted by Gasteiger charge is 2.74. The van der Waals surface area contributed by atoms with Crippen LogP contribution in [0.5, 0.6) is 0 Å². The van der Waals surface area contributed by atoms with E-state index in [1.807, 2.05) is 13.8 Å². The fourth-order valence-electron chi connectivity index (χ4n) is 10.3. The van der Waals surface area contributed by atoms with Crippen LogP contribution in [-0.4, -0.2) is 51.1 Å². The standard InChI is InChI=1S/C39H50ClNO6/c1-7-24-10-12-25(13-11-24)21-41-15-14-26-19-37(5)27(18-30(26)41)17-29(40)35-28-16-23(4)39(47-34(45)9-3,32(43)22-46-33(44)8-2)38(28,6)20-31(42)36(35)37/h10-15,18,23,28-29,31,35-36,42H,7-9,16-17,19-22H2,1-6H3/t23-,28+,29-,31+,35-,36+,37+,38+,39+/m1/s1. The highest BCUT2D eigenvalue weighted by atomic mass is 35.5. The third kappa shape index (κ3) is 5.31. The van der Waals surface area contributed by atoms with E-state index < -0.39 is 41.4 Å². The van der Waals surface area contributed by atoms with E-state index in [9.17, 15) is 19.5 Å². The van der Waals surface area contributed by atoms with Crippen LogP contribution in [0.1, 0.15) is 96.0 Å². The summed E-state index contributed by atoms with van der Waals surface area (Å²) in [7, 11) is 0. The van der Waals surface area contributed by atoms with Gasteiger partial charge in [-0.2, -0.15) is 0 Å². The number of carbonyl (C=O) groups excluding carboxylic acids is 3.